The Morgan fingerprint density at radius 1 is 1.31 bits per heavy atom. The average Bonchev–Trinajstić information content (AvgIpc) is 2.17. The topological polar surface area (TPSA) is 44.4 Å². The summed E-state index contributed by atoms with van der Waals surface area (Å²) in [7, 11) is 4.05. The Kier molecular flexibility index (Phi) is 8.21. The Labute approximate surface area is 99.8 Å². The van der Waals surface area contributed by atoms with E-state index >= 15 is 0 Å². The molecule has 0 bridgehead atoms. The van der Waals surface area contributed by atoms with Gasteiger partial charge in [0.1, 0.15) is 0 Å². The van der Waals surface area contributed by atoms with Gasteiger partial charge in [-0.3, -0.25) is 4.79 Å². The minimum atomic E-state index is -0.112. The molecule has 4 heteroatoms. The van der Waals surface area contributed by atoms with Crippen molar-refractivity contribution in [3.8, 4) is 0 Å². The van der Waals surface area contributed by atoms with E-state index in [0.29, 0.717) is 0 Å². The van der Waals surface area contributed by atoms with Crippen molar-refractivity contribution in [3.05, 3.63) is 0 Å². The van der Waals surface area contributed by atoms with Crippen molar-refractivity contribution in [2.45, 2.75) is 45.7 Å². The molecule has 0 aliphatic rings. The van der Waals surface area contributed by atoms with E-state index in [-0.39, 0.29) is 18.0 Å². The summed E-state index contributed by atoms with van der Waals surface area (Å²) in [6.07, 6.45) is 2.14. The van der Waals surface area contributed by atoms with Crippen LogP contribution in [0.25, 0.3) is 0 Å². The molecule has 0 rings (SSSR count). The number of likely N-dealkylation sites (N-methyl/N-ethyl adjacent to an activating group) is 1. The highest BCUT2D eigenvalue weighted by atomic mass is 16.2. The molecule has 0 spiro atoms. The van der Waals surface area contributed by atoms with E-state index in [1.165, 1.54) is 0 Å². The summed E-state index contributed by atoms with van der Waals surface area (Å²) < 4.78 is 0. The summed E-state index contributed by atoms with van der Waals surface area (Å²) in [5.74, 6) is 0.0970. The Morgan fingerprint density at radius 2 is 1.94 bits per heavy atom. The van der Waals surface area contributed by atoms with Gasteiger partial charge in [0.2, 0.25) is 5.91 Å². The van der Waals surface area contributed by atoms with Crippen LogP contribution in [0.4, 0.5) is 0 Å². The molecule has 0 aromatic heterocycles. The number of rotatable bonds is 8. The van der Waals surface area contributed by atoms with Gasteiger partial charge in [0.15, 0.2) is 0 Å². The third-order valence-corrected chi connectivity index (χ3v) is 2.51. The Balaban J connectivity index is 3.72. The standard InChI is InChI=1S/C12H27N3O/c1-6-7-10(2)14-12(16)11(3)13-8-9-15(4)5/h10-11,13H,6-9H2,1-5H3,(H,14,16). The third kappa shape index (κ3) is 7.65. The molecule has 0 fully saturated rings. The molecule has 96 valence electrons. The van der Waals surface area contributed by atoms with Gasteiger partial charge in [0.25, 0.3) is 0 Å². The lowest BCUT2D eigenvalue weighted by Crippen LogP contribution is -2.46. The minimum Gasteiger partial charge on any atom is -0.352 e. The third-order valence-electron chi connectivity index (χ3n) is 2.51. The normalized spacial score (nSPS) is 14.9. The van der Waals surface area contributed by atoms with Crippen LogP contribution in [-0.4, -0.2) is 50.1 Å². The van der Waals surface area contributed by atoms with Gasteiger partial charge in [-0.1, -0.05) is 13.3 Å². The lowest BCUT2D eigenvalue weighted by molar-refractivity contribution is -0.123. The van der Waals surface area contributed by atoms with E-state index in [0.717, 1.165) is 25.9 Å². The summed E-state index contributed by atoms with van der Waals surface area (Å²) >= 11 is 0. The highest BCUT2D eigenvalue weighted by Crippen LogP contribution is 1.95. The zero-order valence-electron chi connectivity index (χ0n) is 11.3. The molecule has 0 heterocycles. The summed E-state index contributed by atoms with van der Waals surface area (Å²) in [5.41, 5.74) is 0. The smallest absolute Gasteiger partial charge is 0.237 e. The summed E-state index contributed by atoms with van der Waals surface area (Å²) in [5, 5.41) is 6.21. The first-order chi connectivity index (χ1) is 7.47. The number of amides is 1. The van der Waals surface area contributed by atoms with E-state index in [9.17, 15) is 4.79 Å². The lowest BCUT2D eigenvalue weighted by atomic mass is 10.2. The molecule has 0 radical (unpaired) electrons. The van der Waals surface area contributed by atoms with Gasteiger partial charge >= 0.3 is 0 Å². The zero-order chi connectivity index (χ0) is 12.6. The van der Waals surface area contributed by atoms with Crippen LogP contribution in [0, 0.1) is 0 Å². The maximum Gasteiger partial charge on any atom is 0.237 e. The number of hydrogen-bond acceptors (Lipinski definition) is 3. The zero-order valence-corrected chi connectivity index (χ0v) is 11.3. The van der Waals surface area contributed by atoms with Crippen LogP contribution in [0.1, 0.15) is 33.6 Å². The van der Waals surface area contributed by atoms with Crippen LogP contribution in [-0.2, 0) is 4.79 Å². The summed E-state index contributed by atoms with van der Waals surface area (Å²) in [4.78, 5) is 13.8. The first-order valence-electron chi connectivity index (χ1n) is 6.15. The van der Waals surface area contributed by atoms with Crippen LogP contribution in [0.2, 0.25) is 0 Å². The second kappa shape index (κ2) is 8.53. The minimum absolute atomic E-state index is 0.0970. The van der Waals surface area contributed by atoms with Crippen molar-refractivity contribution in [3.63, 3.8) is 0 Å². The molecule has 2 unspecified atom stereocenters. The second-order valence-electron chi connectivity index (χ2n) is 4.68. The molecule has 4 nitrogen and oxygen atoms in total. The molecule has 0 aromatic rings. The number of nitrogens with zero attached hydrogens (tertiary/aromatic N) is 1. The van der Waals surface area contributed by atoms with Gasteiger partial charge in [0, 0.05) is 19.1 Å². The van der Waals surface area contributed by atoms with Crippen LogP contribution >= 0.6 is 0 Å². The molecular formula is C12H27N3O. The predicted octanol–water partition coefficient (Wildman–Crippen LogP) is 0.831. The fourth-order valence-corrected chi connectivity index (χ4v) is 1.47. The van der Waals surface area contributed by atoms with E-state index < -0.39 is 0 Å². The van der Waals surface area contributed by atoms with E-state index in [1.54, 1.807) is 0 Å². The lowest BCUT2D eigenvalue weighted by Gasteiger charge is -2.19. The summed E-state index contributed by atoms with van der Waals surface area (Å²) in [6.45, 7) is 7.87. The molecule has 1 amide bonds. The fraction of sp³-hybridized carbons (Fsp3) is 0.917. The highest BCUT2D eigenvalue weighted by molar-refractivity contribution is 5.81. The van der Waals surface area contributed by atoms with E-state index in [4.69, 9.17) is 0 Å². The number of hydrogen-bond donors (Lipinski definition) is 2. The van der Waals surface area contributed by atoms with Gasteiger partial charge in [-0.15, -0.1) is 0 Å². The van der Waals surface area contributed by atoms with E-state index in [1.807, 2.05) is 27.9 Å². The Hall–Kier alpha value is -0.610. The van der Waals surface area contributed by atoms with Crippen LogP contribution < -0.4 is 10.6 Å². The van der Waals surface area contributed by atoms with Crippen molar-refractivity contribution < 1.29 is 4.79 Å². The molecule has 2 atom stereocenters. The molecule has 0 aliphatic carbocycles. The largest absolute Gasteiger partial charge is 0.352 e. The van der Waals surface area contributed by atoms with Crippen LogP contribution in [0.3, 0.4) is 0 Å². The Morgan fingerprint density at radius 3 is 2.44 bits per heavy atom. The van der Waals surface area contributed by atoms with Gasteiger partial charge < -0.3 is 15.5 Å². The van der Waals surface area contributed by atoms with Gasteiger partial charge in [-0.2, -0.15) is 0 Å². The van der Waals surface area contributed by atoms with Gasteiger partial charge in [-0.25, -0.2) is 0 Å². The highest BCUT2D eigenvalue weighted by Gasteiger charge is 2.13. The monoisotopic (exact) mass is 229 g/mol. The maximum absolute atomic E-state index is 11.7. The first-order valence-corrected chi connectivity index (χ1v) is 6.15. The quantitative estimate of drug-likeness (QED) is 0.648. The van der Waals surface area contributed by atoms with Crippen molar-refractivity contribution in [1.82, 2.24) is 15.5 Å². The molecule has 0 aromatic carbocycles. The molecule has 0 saturated carbocycles. The number of carbonyl (C=O) groups excluding carboxylic acids is 1. The fourth-order valence-electron chi connectivity index (χ4n) is 1.47. The Bertz CT molecular complexity index is 195. The van der Waals surface area contributed by atoms with Crippen molar-refractivity contribution in [1.29, 1.82) is 0 Å². The number of carbonyl (C=O) groups is 1. The van der Waals surface area contributed by atoms with Gasteiger partial charge in [0.05, 0.1) is 6.04 Å². The first kappa shape index (κ1) is 15.4. The number of nitrogens with one attached hydrogen (secondary N) is 2. The summed E-state index contributed by atoms with van der Waals surface area (Å²) in [6, 6.07) is 0.162. The van der Waals surface area contributed by atoms with Crippen molar-refractivity contribution >= 4 is 5.91 Å². The molecule has 2 N–H and O–H groups in total. The predicted molar refractivity (Wildman–Crippen MR) is 68.5 cm³/mol. The second-order valence-corrected chi connectivity index (χ2v) is 4.68. The molecule has 0 aliphatic heterocycles. The maximum atomic E-state index is 11.7. The van der Waals surface area contributed by atoms with Gasteiger partial charge in [-0.05, 0) is 34.4 Å². The molecule has 0 saturated heterocycles. The molecule has 16 heavy (non-hydrogen) atoms. The van der Waals surface area contributed by atoms with Crippen LogP contribution in [0.5, 0.6) is 0 Å². The van der Waals surface area contributed by atoms with Crippen LogP contribution in [0.15, 0.2) is 0 Å². The average molecular weight is 229 g/mol. The van der Waals surface area contributed by atoms with Crippen molar-refractivity contribution in [2.75, 3.05) is 27.2 Å². The SMILES string of the molecule is CCCC(C)NC(=O)C(C)NCCN(C)C. The van der Waals surface area contributed by atoms with E-state index in [2.05, 4.69) is 22.5 Å². The molecular weight excluding hydrogens is 202 g/mol. The van der Waals surface area contributed by atoms with Crippen molar-refractivity contribution in [2.24, 2.45) is 0 Å².